The first-order chi connectivity index (χ1) is 18.1. The number of rotatable bonds is 2. The fourth-order valence-corrected chi connectivity index (χ4v) is 9.15. The van der Waals surface area contributed by atoms with Gasteiger partial charge in [-0.15, -0.1) is 0 Å². The summed E-state index contributed by atoms with van der Waals surface area (Å²) in [6.07, 6.45) is 7.04. The molecule has 1 saturated carbocycles. The van der Waals surface area contributed by atoms with Gasteiger partial charge in [-0.1, -0.05) is 78.8 Å². The van der Waals surface area contributed by atoms with Gasteiger partial charge in [-0.05, 0) is 65.6 Å². The van der Waals surface area contributed by atoms with Crippen LogP contribution in [0.3, 0.4) is 0 Å². The van der Waals surface area contributed by atoms with Crippen LogP contribution in [0.1, 0.15) is 96.5 Å². The molecule has 4 heterocycles. The van der Waals surface area contributed by atoms with Crippen LogP contribution in [0.2, 0.25) is 0 Å². The zero-order valence-electron chi connectivity index (χ0n) is 23.9. The Morgan fingerprint density at radius 2 is 1.68 bits per heavy atom. The van der Waals surface area contributed by atoms with E-state index in [-0.39, 0.29) is 21.8 Å². The van der Waals surface area contributed by atoms with Gasteiger partial charge in [-0.3, -0.25) is 0 Å². The Labute approximate surface area is 225 Å². The van der Waals surface area contributed by atoms with Crippen molar-refractivity contribution in [2.75, 3.05) is 0 Å². The minimum absolute atomic E-state index is 0.0904. The van der Waals surface area contributed by atoms with Crippen molar-refractivity contribution < 1.29 is 4.57 Å². The molecule has 0 spiro atoms. The Morgan fingerprint density at radius 3 is 2.37 bits per heavy atom. The van der Waals surface area contributed by atoms with Crippen molar-refractivity contribution in [1.29, 1.82) is 0 Å². The van der Waals surface area contributed by atoms with Crippen molar-refractivity contribution in [3.8, 4) is 11.1 Å². The summed E-state index contributed by atoms with van der Waals surface area (Å²) in [7, 11) is 0. The van der Waals surface area contributed by atoms with Crippen LogP contribution in [0.5, 0.6) is 0 Å². The third kappa shape index (κ3) is 2.20. The average molecular weight is 501 g/mol. The highest BCUT2D eigenvalue weighted by Crippen LogP contribution is 2.64. The number of hydrogen-bond donors (Lipinski definition) is 0. The van der Waals surface area contributed by atoms with Crippen LogP contribution in [0.4, 0.5) is 0 Å². The third-order valence-corrected chi connectivity index (χ3v) is 11.0. The van der Waals surface area contributed by atoms with E-state index >= 15 is 0 Å². The molecule has 192 valence electrons. The summed E-state index contributed by atoms with van der Waals surface area (Å²) in [4.78, 5) is 5.75. The molecule has 1 aliphatic heterocycles. The number of imidazole rings is 1. The third-order valence-electron chi connectivity index (χ3n) is 11.0. The van der Waals surface area contributed by atoms with Gasteiger partial charge in [0.15, 0.2) is 5.52 Å². The van der Waals surface area contributed by atoms with E-state index in [9.17, 15) is 0 Å². The largest absolute Gasteiger partial charge is 0.287 e. The topological polar surface area (TPSA) is 21.2 Å². The van der Waals surface area contributed by atoms with Gasteiger partial charge >= 0.3 is 0 Å². The molecule has 8 rings (SSSR count). The Balaban J connectivity index is 1.72. The standard InChI is InChI=1S/C35H38N3/c1-8-34-17-18-35(34,9-2)38-25-16-12-13-19-37(25)30-29(38)26-24(34)20-22-21-14-10-11-15-23(21)33(6,7)27(22)28(26)36-31(30)32(3,4)5/h10-16,19-20H,8-9,17-18H2,1-7H3/q+1. The molecule has 2 atom stereocenters. The van der Waals surface area contributed by atoms with Crippen molar-refractivity contribution in [3.63, 3.8) is 0 Å². The molecule has 2 aliphatic carbocycles. The molecule has 2 aromatic carbocycles. The molecule has 0 N–H and O–H groups in total. The van der Waals surface area contributed by atoms with Gasteiger partial charge in [0.1, 0.15) is 5.54 Å². The minimum atomic E-state index is -0.0947. The SMILES string of the molecule is CCC12CCC1(CC)[n+]1c3c4c2cc2c(c4nc(C(C)(C)C)c3n3ccccc31)C(C)(C)c1ccccc1-2. The zero-order chi connectivity index (χ0) is 26.4. The summed E-state index contributed by atoms with van der Waals surface area (Å²) < 4.78 is 5.25. The Morgan fingerprint density at radius 1 is 0.921 bits per heavy atom. The molecular formula is C35H38N3+. The second-order valence-electron chi connectivity index (χ2n) is 13.7. The lowest BCUT2D eigenvalue weighted by molar-refractivity contribution is -0.748. The summed E-state index contributed by atoms with van der Waals surface area (Å²) in [5, 5.41) is 1.42. The molecule has 0 bridgehead atoms. The van der Waals surface area contributed by atoms with Crippen molar-refractivity contribution >= 4 is 27.6 Å². The maximum Gasteiger partial charge on any atom is 0.287 e. The quantitative estimate of drug-likeness (QED) is 0.224. The Kier molecular flexibility index (Phi) is 4.00. The molecule has 1 fully saturated rings. The Bertz CT molecular complexity index is 1860. The highest BCUT2D eigenvalue weighted by Gasteiger charge is 2.66. The number of pyridine rings is 2. The molecule has 3 heteroatoms. The molecular weight excluding hydrogens is 462 g/mol. The van der Waals surface area contributed by atoms with Gasteiger partial charge < -0.3 is 0 Å². The smallest absolute Gasteiger partial charge is 0.247 e. The summed E-state index contributed by atoms with van der Waals surface area (Å²) in [5.74, 6) is 0. The van der Waals surface area contributed by atoms with E-state index < -0.39 is 0 Å². The molecule has 3 nitrogen and oxygen atoms in total. The number of benzene rings is 2. The lowest BCUT2D eigenvalue weighted by atomic mass is 9.47. The van der Waals surface area contributed by atoms with E-state index in [1.807, 2.05) is 0 Å². The van der Waals surface area contributed by atoms with Crippen LogP contribution in [0.25, 0.3) is 38.7 Å². The number of nitrogens with zero attached hydrogens (tertiary/aromatic N) is 3. The fourth-order valence-electron chi connectivity index (χ4n) is 9.15. The van der Waals surface area contributed by atoms with Crippen molar-refractivity contribution in [3.05, 3.63) is 77.1 Å². The molecule has 2 unspecified atom stereocenters. The van der Waals surface area contributed by atoms with Gasteiger partial charge in [0.25, 0.3) is 5.65 Å². The molecule has 0 radical (unpaired) electrons. The van der Waals surface area contributed by atoms with Crippen molar-refractivity contribution in [1.82, 2.24) is 9.38 Å². The van der Waals surface area contributed by atoms with E-state index in [4.69, 9.17) is 4.98 Å². The Hall–Kier alpha value is -3.20. The second-order valence-corrected chi connectivity index (χ2v) is 13.7. The predicted octanol–water partition coefficient (Wildman–Crippen LogP) is 8.09. The van der Waals surface area contributed by atoms with Crippen molar-refractivity contribution in [2.24, 2.45) is 0 Å². The molecule has 38 heavy (non-hydrogen) atoms. The lowest BCUT2D eigenvalue weighted by Gasteiger charge is -2.59. The molecule has 5 aromatic rings. The summed E-state index contributed by atoms with van der Waals surface area (Å²) in [5.41, 5.74) is 13.8. The van der Waals surface area contributed by atoms with Gasteiger partial charge in [-0.25, -0.2) is 9.55 Å². The number of aromatic nitrogens is 3. The first-order valence-electron chi connectivity index (χ1n) is 14.6. The monoisotopic (exact) mass is 500 g/mol. The van der Waals surface area contributed by atoms with Gasteiger partial charge in [0.05, 0.1) is 22.8 Å². The second kappa shape index (κ2) is 6.68. The maximum absolute atomic E-state index is 5.75. The van der Waals surface area contributed by atoms with Crippen LogP contribution < -0.4 is 4.57 Å². The van der Waals surface area contributed by atoms with Gasteiger partial charge in [0.2, 0.25) is 5.52 Å². The van der Waals surface area contributed by atoms with E-state index in [0.29, 0.717) is 0 Å². The fraction of sp³-hybridized carbons (Fsp3) is 0.429. The van der Waals surface area contributed by atoms with Gasteiger partial charge in [-0.2, -0.15) is 4.40 Å². The number of fused-ring (bicyclic) bond motifs is 10. The van der Waals surface area contributed by atoms with Crippen LogP contribution >= 0.6 is 0 Å². The maximum atomic E-state index is 5.75. The highest BCUT2D eigenvalue weighted by atomic mass is 15.2. The zero-order valence-corrected chi connectivity index (χ0v) is 23.9. The van der Waals surface area contributed by atoms with Crippen LogP contribution in [-0.4, -0.2) is 9.38 Å². The summed E-state index contributed by atoms with van der Waals surface area (Å²) in [6.45, 7) is 16.7. The van der Waals surface area contributed by atoms with Crippen LogP contribution in [0, 0.1) is 0 Å². The molecule has 3 aromatic heterocycles. The van der Waals surface area contributed by atoms with E-state index in [2.05, 4.69) is 112 Å². The van der Waals surface area contributed by atoms with Crippen LogP contribution in [0.15, 0.2) is 54.7 Å². The average Bonchev–Trinajstić information content (AvgIpc) is 3.34. The normalized spacial score (nSPS) is 24.6. The first kappa shape index (κ1) is 22.8. The predicted molar refractivity (Wildman–Crippen MR) is 156 cm³/mol. The first-order valence-corrected chi connectivity index (χ1v) is 14.6. The van der Waals surface area contributed by atoms with E-state index in [1.54, 1.807) is 5.56 Å². The highest BCUT2D eigenvalue weighted by molar-refractivity contribution is 6.10. The number of hydrogen-bond acceptors (Lipinski definition) is 1. The molecule has 0 amide bonds. The minimum Gasteiger partial charge on any atom is -0.247 e. The summed E-state index contributed by atoms with van der Waals surface area (Å²) >= 11 is 0. The van der Waals surface area contributed by atoms with Crippen LogP contribution in [-0.2, 0) is 21.8 Å². The molecule has 3 aliphatic rings. The van der Waals surface area contributed by atoms with E-state index in [0.717, 1.165) is 12.8 Å². The molecule has 0 saturated heterocycles. The van der Waals surface area contributed by atoms with Crippen molar-refractivity contribution in [2.45, 2.75) is 95.9 Å². The summed E-state index contributed by atoms with van der Waals surface area (Å²) in [6, 6.07) is 18.5. The van der Waals surface area contributed by atoms with Gasteiger partial charge in [0, 0.05) is 22.3 Å². The van der Waals surface area contributed by atoms with E-state index in [1.165, 1.54) is 68.4 Å². The lowest BCUT2D eigenvalue weighted by Crippen LogP contribution is -2.74.